The van der Waals surface area contributed by atoms with Gasteiger partial charge in [-0.3, -0.25) is 14.5 Å². The molecule has 5 rings (SSSR count). The van der Waals surface area contributed by atoms with E-state index in [9.17, 15) is 9.59 Å². The lowest BCUT2D eigenvalue weighted by Crippen LogP contribution is -2.52. The molecule has 5 N–H and O–H groups in total. The summed E-state index contributed by atoms with van der Waals surface area (Å²) in [5, 5.41) is 9.65. The van der Waals surface area contributed by atoms with Gasteiger partial charge in [0.1, 0.15) is 5.82 Å². The highest BCUT2D eigenvalue weighted by Gasteiger charge is 2.27. The molecule has 1 unspecified atom stereocenters. The zero-order chi connectivity index (χ0) is 32.5. The van der Waals surface area contributed by atoms with Gasteiger partial charge in [-0.1, -0.05) is 43.8 Å². The predicted octanol–water partition coefficient (Wildman–Crippen LogP) is 3.94. The Kier molecular flexibility index (Phi) is 11.2. The number of rotatable bonds is 13. The van der Waals surface area contributed by atoms with E-state index in [4.69, 9.17) is 10.7 Å². The number of likely N-dealkylation sites (N-methyl/N-ethyl adjacent to an activating group) is 1. The largest absolute Gasteiger partial charge is 0.371 e. The minimum atomic E-state index is -0.646. The minimum Gasteiger partial charge on any atom is -0.371 e. The van der Waals surface area contributed by atoms with E-state index >= 15 is 0 Å². The molecule has 2 amide bonds. The van der Waals surface area contributed by atoms with Crippen molar-refractivity contribution in [2.75, 3.05) is 68.4 Å². The van der Waals surface area contributed by atoms with E-state index in [1.165, 1.54) is 24.6 Å². The first-order valence-electron chi connectivity index (χ1n) is 16.3. The first-order valence-corrected chi connectivity index (χ1v) is 16.3. The average molecular weight is 626 g/mol. The van der Waals surface area contributed by atoms with Crippen molar-refractivity contribution >= 4 is 34.8 Å². The van der Waals surface area contributed by atoms with Gasteiger partial charge in [0.25, 0.3) is 5.91 Å². The van der Waals surface area contributed by atoms with Crippen molar-refractivity contribution in [2.24, 2.45) is 5.73 Å². The standard InChI is InChI=1S/C35H47N9O2/c1-4-29-34(37-18-15-30(39-31(45)5-2)25-9-7-6-8-10-25)41-35(32(40-29)33(36)46)38-26-11-13-27(14-12-26)43-19-16-28(17-20-43)44-23-21-42(3)22-24-44/h5-14,28,30H,2,4,15-24H2,1,3H3,(H2,36,46)(H,39,45)(H2,37,38,41). The van der Waals surface area contributed by atoms with Crippen LogP contribution in [0.3, 0.4) is 0 Å². The van der Waals surface area contributed by atoms with Crippen LogP contribution < -0.4 is 26.6 Å². The number of carbonyl (C=O) groups is 2. The average Bonchev–Trinajstić information content (AvgIpc) is 3.09. The normalized spacial score (nSPS) is 16.9. The number of aromatic nitrogens is 2. The van der Waals surface area contributed by atoms with E-state index in [0.717, 1.165) is 50.5 Å². The Balaban J connectivity index is 1.24. The first kappa shape index (κ1) is 32.9. The molecule has 0 saturated carbocycles. The Morgan fingerprint density at radius 1 is 0.978 bits per heavy atom. The monoisotopic (exact) mass is 625 g/mol. The number of nitrogens with zero attached hydrogens (tertiary/aromatic N) is 5. The zero-order valence-corrected chi connectivity index (χ0v) is 27.0. The van der Waals surface area contributed by atoms with Crippen molar-refractivity contribution < 1.29 is 9.59 Å². The number of piperidine rings is 1. The second-order valence-corrected chi connectivity index (χ2v) is 12.1. The van der Waals surface area contributed by atoms with Crippen LogP contribution in [0.15, 0.2) is 67.3 Å². The topological polar surface area (TPSA) is 132 Å². The van der Waals surface area contributed by atoms with Gasteiger partial charge in [-0.15, -0.1) is 0 Å². The van der Waals surface area contributed by atoms with Gasteiger partial charge in [0.2, 0.25) is 5.91 Å². The van der Waals surface area contributed by atoms with Crippen LogP contribution >= 0.6 is 0 Å². The minimum absolute atomic E-state index is 0.0952. The fourth-order valence-corrected chi connectivity index (χ4v) is 6.26. The van der Waals surface area contributed by atoms with Crippen LogP contribution in [-0.4, -0.2) is 90.5 Å². The van der Waals surface area contributed by atoms with Crippen molar-refractivity contribution in [1.29, 1.82) is 0 Å². The molecule has 3 aromatic rings. The predicted molar refractivity (Wildman–Crippen MR) is 185 cm³/mol. The third-order valence-electron chi connectivity index (χ3n) is 8.98. The van der Waals surface area contributed by atoms with Gasteiger partial charge in [-0.2, -0.15) is 0 Å². The highest BCUT2D eigenvalue weighted by molar-refractivity contribution is 5.96. The summed E-state index contributed by atoms with van der Waals surface area (Å²) in [7, 11) is 2.20. The molecule has 2 saturated heterocycles. The van der Waals surface area contributed by atoms with Crippen LogP contribution in [-0.2, 0) is 11.2 Å². The molecule has 244 valence electrons. The number of hydrogen-bond donors (Lipinski definition) is 4. The summed E-state index contributed by atoms with van der Waals surface area (Å²) < 4.78 is 0. The summed E-state index contributed by atoms with van der Waals surface area (Å²) in [6.07, 6.45) is 4.78. The summed E-state index contributed by atoms with van der Waals surface area (Å²) >= 11 is 0. The third kappa shape index (κ3) is 8.41. The summed E-state index contributed by atoms with van der Waals surface area (Å²) in [4.78, 5) is 41.4. The Bertz CT molecular complexity index is 1470. The molecule has 2 aromatic carbocycles. The summed E-state index contributed by atoms with van der Waals surface area (Å²) in [6.45, 7) is 12.7. The summed E-state index contributed by atoms with van der Waals surface area (Å²) in [5.41, 5.74) is 9.44. The molecule has 2 aliphatic heterocycles. The number of carbonyl (C=O) groups excluding carboxylic acids is 2. The fraction of sp³-hybridized carbons (Fsp3) is 0.429. The van der Waals surface area contributed by atoms with E-state index in [-0.39, 0.29) is 17.6 Å². The lowest BCUT2D eigenvalue weighted by molar-refractivity contribution is -0.117. The molecule has 2 fully saturated rings. The maximum atomic E-state index is 12.4. The Morgan fingerprint density at radius 3 is 2.30 bits per heavy atom. The lowest BCUT2D eigenvalue weighted by atomic mass is 10.0. The Labute approximate surface area is 272 Å². The van der Waals surface area contributed by atoms with E-state index in [2.05, 4.69) is 61.4 Å². The number of nitrogens with one attached hydrogen (secondary N) is 3. The number of primary amides is 1. The molecule has 0 aliphatic carbocycles. The van der Waals surface area contributed by atoms with Gasteiger partial charge in [-0.05, 0) is 68.6 Å². The van der Waals surface area contributed by atoms with Crippen molar-refractivity contribution in [2.45, 2.75) is 44.7 Å². The highest BCUT2D eigenvalue weighted by atomic mass is 16.2. The molecule has 46 heavy (non-hydrogen) atoms. The van der Waals surface area contributed by atoms with Crippen molar-refractivity contribution in [1.82, 2.24) is 25.1 Å². The molecule has 0 radical (unpaired) electrons. The number of aryl methyl sites for hydroxylation is 1. The Morgan fingerprint density at radius 2 is 1.67 bits per heavy atom. The van der Waals surface area contributed by atoms with Gasteiger partial charge in [0.15, 0.2) is 11.5 Å². The van der Waals surface area contributed by atoms with Crippen molar-refractivity contribution in [3.05, 3.63) is 84.2 Å². The van der Waals surface area contributed by atoms with E-state index in [1.807, 2.05) is 49.4 Å². The molecule has 11 nitrogen and oxygen atoms in total. The van der Waals surface area contributed by atoms with Crippen LogP contribution in [0, 0.1) is 0 Å². The summed E-state index contributed by atoms with van der Waals surface area (Å²) in [5.74, 6) is -0.0158. The third-order valence-corrected chi connectivity index (χ3v) is 8.98. The number of amides is 2. The zero-order valence-electron chi connectivity index (χ0n) is 27.0. The molecule has 2 aliphatic rings. The second kappa shape index (κ2) is 15.7. The van der Waals surface area contributed by atoms with Crippen LogP contribution in [0.2, 0.25) is 0 Å². The van der Waals surface area contributed by atoms with Crippen molar-refractivity contribution in [3.8, 4) is 0 Å². The maximum absolute atomic E-state index is 12.4. The van der Waals surface area contributed by atoms with Crippen LogP contribution in [0.1, 0.15) is 54.0 Å². The highest BCUT2D eigenvalue weighted by Crippen LogP contribution is 2.27. The van der Waals surface area contributed by atoms with E-state index in [1.54, 1.807) is 0 Å². The van der Waals surface area contributed by atoms with Gasteiger partial charge in [0.05, 0.1) is 11.7 Å². The number of nitrogens with two attached hydrogens (primary N) is 1. The first-order chi connectivity index (χ1) is 22.3. The quantitative estimate of drug-likeness (QED) is 0.209. The number of piperazine rings is 1. The molecule has 1 atom stereocenters. The van der Waals surface area contributed by atoms with Crippen LogP contribution in [0.25, 0.3) is 0 Å². The smallest absolute Gasteiger partial charge is 0.271 e. The van der Waals surface area contributed by atoms with E-state index in [0.29, 0.717) is 42.8 Å². The van der Waals surface area contributed by atoms with E-state index < -0.39 is 5.91 Å². The lowest BCUT2D eigenvalue weighted by Gasteiger charge is -2.42. The number of benzene rings is 2. The van der Waals surface area contributed by atoms with Gasteiger partial charge in [-0.25, -0.2) is 9.97 Å². The molecule has 3 heterocycles. The molecule has 0 spiro atoms. The van der Waals surface area contributed by atoms with Crippen LogP contribution in [0.4, 0.5) is 23.0 Å². The molecular formula is C35H47N9O2. The van der Waals surface area contributed by atoms with Gasteiger partial charge < -0.3 is 31.5 Å². The van der Waals surface area contributed by atoms with Gasteiger partial charge in [0, 0.05) is 63.2 Å². The molecule has 1 aromatic heterocycles. The van der Waals surface area contributed by atoms with Crippen molar-refractivity contribution in [3.63, 3.8) is 0 Å². The molecular weight excluding hydrogens is 578 g/mol. The fourth-order valence-electron chi connectivity index (χ4n) is 6.26. The summed E-state index contributed by atoms with van der Waals surface area (Å²) in [6, 6.07) is 18.5. The molecule has 11 heteroatoms. The Hall–Kier alpha value is -4.48. The molecule has 0 bridgehead atoms. The number of anilines is 4. The van der Waals surface area contributed by atoms with Crippen LogP contribution in [0.5, 0.6) is 0 Å². The second-order valence-electron chi connectivity index (χ2n) is 12.1. The number of hydrogen-bond acceptors (Lipinski definition) is 9. The SMILES string of the molecule is C=CC(=O)NC(CCNc1nc(Nc2ccc(N3CCC(N4CCN(C)CC4)CC3)cc2)c(C(N)=O)nc1CC)c1ccccc1. The maximum Gasteiger partial charge on any atom is 0.271 e. The van der Waals surface area contributed by atoms with Gasteiger partial charge >= 0.3 is 0 Å².